The monoisotopic (exact) mass is 336 g/mol. The first-order valence-electron chi connectivity index (χ1n) is 6.49. The topological polar surface area (TPSA) is 38.0 Å². The standard InChI is InChI=1S/C16H18BrFN2/c1-10-5-3-6-11(2)15(10)14(20-19)9-12-7-4-8-13(18)16(12)17/h3-8,14,20H,9,19H2,1-2H3. The molecule has 0 saturated carbocycles. The van der Waals surface area contributed by atoms with Gasteiger partial charge in [-0.25, -0.2) is 4.39 Å². The molecule has 3 N–H and O–H groups in total. The van der Waals surface area contributed by atoms with E-state index in [1.54, 1.807) is 6.07 Å². The molecule has 2 aromatic rings. The molecule has 2 nitrogen and oxygen atoms in total. The van der Waals surface area contributed by atoms with Gasteiger partial charge < -0.3 is 0 Å². The molecule has 0 aliphatic heterocycles. The SMILES string of the molecule is Cc1cccc(C)c1C(Cc1cccc(F)c1Br)NN. The Kier molecular flexibility index (Phi) is 4.91. The van der Waals surface area contributed by atoms with Crippen LogP contribution < -0.4 is 11.3 Å². The maximum Gasteiger partial charge on any atom is 0.137 e. The fourth-order valence-electron chi connectivity index (χ4n) is 2.55. The van der Waals surface area contributed by atoms with Crippen molar-refractivity contribution in [3.63, 3.8) is 0 Å². The van der Waals surface area contributed by atoms with E-state index in [1.807, 2.05) is 12.1 Å². The Morgan fingerprint density at radius 3 is 2.35 bits per heavy atom. The van der Waals surface area contributed by atoms with Gasteiger partial charge in [-0.15, -0.1) is 0 Å². The molecule has 1 unspecified atom stereocenters. The summed E-state index contributed by atoms with van der Waals surface area (Å²) in [6, 6.07) is 11.2. The second kappa shape index (κ2) is 6.48. The lowest BCUT2D eigenvalue weighted by Crippen LogP contribution is -2.30. The number of benzene rings is 2. The highest BCUT2D eigenvalue weighted by Gasteiger charge is 2.17. The Hall–Kier alpha value is -1.23. The van der Waals surface area contributed by atoms with E-state index in [4.69, 9.17) is 5.84 Å². The summed E-state index contributed by atoms with van der Waals surface area (Å²) in [4.78, 5) is 0. The molecule has 0 fully saturated rings. The Labute approximate surface area is 127 Å². The van der Waals surface area contributed by atoms with E-state index in [0.717, 1.165) is 5.56 Å². The van der Waals surface area contributed by atoms with Crippen molar-refractivity contribution in [2.24, 2.45) is 5.84 Å². The van der Waals surface area contributed by atoms with Crippen LogP contribution in [0.15, 0.2) is 40.9 Å². The van der Waals surface area contributed by atoms with Gasteiger partial charge in [0.05, 0.1) is 10.5 Å². The number of rotatable bonds is 4. The molecule has 0 spiro atoms. The number of halogens is 2. The molecule has 0 heterocycles. The lowest BCUT2D eigenvalue weighted by molar-refractivity contribution is 0.542. The molecule has 1 atom stereocenters. The van der Waals surface area contributed by atoms with Crippen molar-refractivity contribution in [2.75, 3.05) is 0 Å². The lowest BCUT2D eigenvalue weighted by Gasteiger charge is -2.21. The van der Waals surface area contributed by atoms with Gasteiger partial charge in [0.1, 0.15) is 5.82 Å². The summed E-state index contributed by atoms with van der Waals surface area (Å²) in [7, 11) is 0. The summed E-state index contributed by atoms with van der Waals surface area (Å²) < 4.78 is 14.1. The normalized spacial score (nSPS) is 12.4. The van der Waals surface area contributed by atoms with Crippen LogP contribution in [-0.2, 0) is 6.42 Å². The maximum atomic E-state index is 13.6. The van der Waals surface area contributed by atoms with E-state index < -0.39 is 0 Å². The van der Waals surface area contributed by atoms with E-state index in [2.05, 4.69) is 47.3 Å². The van der Waals surface area contributed by atoms with Gasteiger partial charge in [-0.1, -0.05) is 30.3 Å². The number of nitrogens with two attached hydrogens (primary N) is 1. The molecule has 0 amide bonds. The number of hydrogen-bond acceptors (Lipinski definition) is 2. The third-order valence-corrected chi connectivity index (χ3v) is 4.44. The number of hydrogen-bond donors (Lipinski definition) is 2. The first-order valence-corrected chi connectivity index (χ1v) is 7.29. The van der Waals surface area contributed by atoms with Gasteiger partial charge in [-0.05, 0) is 64.5 Å². The molecule has 20 heavy (non-hydrogen) atoms. The van der Waals surface area contributed by atoms with Crippen LogP contribution in [0.3, 0.4) is 0 Å². The highest BCUT2D eigenvalue weighted by Crippen LogP contribution is 2.28. The molecule has 0 aliphatic rings. The predicted molar refractivity (Wildman–Crippen MR) is 83.8 cm³/mol. The zero-order chi connectivity index (χ0) is 14.7. The average Bonchev–Trinajstić information content (AvgIpc) is 2.42. The number of hydrazine groups is 1. The van der Waals surface area contributed by atoms with Gasteiger partial charge in [0.25, 0.3) is 0 Å². The molecule has 2 rings (SSSR count). The minimum absolute atomic E-state index is 0.0469. The molecule has 0 saturated heterocycles. The minimum Gasteiger partial charge on any atom is -0.271 e. The lowest BCUT2D eigenvalue weighted by atomic mass is 9.92. The summed E-state index contributed by atoms with van der Waals surface area (Å²) in [6.45, 7) is 4.13. The van der Waals surface area contributed by atoms with Gasteiger partial charge in [0.15, 0.2) is 0 Å². The van der Waals surface area contributed by atoms with Crippen molar-refractivity contribution in [1.29, 1.82) is 0 Å². The zero-order valence-electron chi connectivity index (χ0n) is 11.6. The van der Waals surface area contributed by atoms with Gasteiger partial charge in [-0.2, -0.15) is 0 Å². The second-order valence-electron chi connectivity index (χ2n) is 4.94. The summed E-state index contributed by atoms with van der Waals surface area (Å²) in [5, 5.41) is 0. The highest BCUT2D eigenvalue weighted by molar-refractivity contribution is 9.10. The second-order valence-corrected chi connectivity index (χ2v) is 5.73. The summed E-state index contributed by atoms with van der Waals surface area (Å²) >= 11 is 3.30. The van der Waals surface area contributed by atoms with Crippen molar-refractivity contribution in [3.8, 4) is 0 Å². The van der Waals surface area contributed by atoms with Crippen molar-refractivity contribution in [2.45, 2.75) is 26.3 Å². The smallest absolute Gasteiger partial charge is 0.137 e. The molecule has 4 heteroatoms. The van der Waals surface area contributed by atoms with E-state index in [9.17, 15) is 4.39 Å². The third kappa shape index (κ3) is 3.08. The van der Waals surface area contributed by atoms with Gasteiger partial charge in [0.2, 0.25) is 0 Å². The average molecular weight is 337 g/mol. The van der Waals surface area contributed by atoms with Crippen molar-refractivity contribution in [1.82, 2.24) is 5.43 Å². The van der Waals surface area contributed by atoms with Crippen LogP contribution >= 0.6 is 15.9 Å². The summed E-state index contributed by atoms with van der Waals surface area (Å²) in [5.74, 6) is 5.47. The van der Waals surface area contributed by atoms with Crippen molar-refractivity contribution in [3.05, 3.63) is 68.9 Å². The van der Waals surface area contributed by atoms with Crippen LogP contribution in [-0.4, -0.2) is 0 Å². The molecule has 2 aromatic carbocycles. The quantitative estimate of drug-likeness (QED) is 0.655. The van der Waals surface area contributed by atoms with E-state index >= 15 is 0 Å². The van der Waals surface area contributed by atoms with Crippen molar-refractivity contribution < 1.29 is 4.39 Å². The van der Waals surface area contributed by atoms with Crippen LogP contribution in [0.1, 0.15) is 28.3 Å². The van der Waals surface area contributed by atoms with Crippen LogP contribution in [0.4, 0.5) is 4.39 Å². The third-order valence-electron chi connectivity index (χ3n) is 3.55. The Morgan fingerprint density at radius 1 is 1.15 bits per heavy atom. The highest BCUT2D eigenvalue weighted by atomic mass is 79.9. The molecule has 0 radical (unpaired) electrons. The predicted octanol–water partition coefficient (Wildman–Crippen LogP) is 3.95. The summed E-state index contributed by atoms with van der Waals surface area (Å²) in [6.07, 6.45) is 0.626. The van der Waals surface area contributed by atoms with Crippen LogP contribution in [0.25, 0.3) is 0 Å². The Morgan fingerprint density at radius 2 is 1.75 bits per heavy atom. The van der Waals surface area contributed by atoms with Crippen LogP contribution in [0.2, 0.25) is 0 Å². The molecule has 0 aromatic heterocycles. The number of nitrogens with one attached hydrogen (secondary N) is 1. The van der Waals surface area contributed by atoms with Crippen LogP contribution in [0.5, 0.6) is 0 Å². The Bertz CT molecular complexity index is 593. The molecule has 0 bridgehead atoms. The minimum atomic E-state index is -0.250. The molecule has 106 valence electrons. The number of aryl methyl sites for hydroxylation is 2. The fraction of sp³-hybridized carbons (Fsp3) is 0.250. The van der Waals surface area contributed by atoms with Crippen molar-refractivity contribution >= 4 is 15.9 Å². The molecule has 0 aliphatic carbocycles. The van der Waals surface area contributed by atoms with E-state index in [1.165, 1.54) is 22.8 Å². The molecular formula is C16H18BrFN2. The van der Waals surface area contributed by atoms with Gasteiger partial charge in [-0.3, -0.25) is 11.3 Å². The first-order chi connectivity index (χ1) is 9.54. The molecular weight excluding hydrogens is 319 g/mol. The van der Waals surface area contributed by atoms with Gasteiger partial charge >= 0.3 is 0 Å². The van der Waals surface area contributed by atoms with E-state index in [0.29, 0.717) is 10.9 Å². The van der Waals surface area contributed by atoms with Crippen LogP contribution in [0, 0.1) is 19.7 Å². The zero-order valence-corrected chi connectivity index (χ0v) is 13.2. The van der Waals surface area contributed by atoms with Gasteiger partial charge in [0, 0.05) is 0 Å². The Balaban J connectivity index is 2.37. The first kappa shape index (κ1) is 15.2. The fourth-order valence-corrected chi connectivity index (χ4v) is 2.97. The largest absolute Gasteiger partial charge is 0.271 e. The maximum absolute atomic E-state index is 13.6. The summed E-state index contributed by atoms with van der Waals surface area (Å²) in [5.41, 5.74) is 7.28. The van der Waals surface area contributed by atoms with E-state index in [-0.39, 0.29) is 11.9 Å².